The molecule has 0 unspecified atom stereocenters. The van der Waals surface area contributed by atoms with Crippen LogP contribution in [0.2, 0.25) is 0 Å². The van der Waals surface area contributed by atoms with Gasteiger partial charge in [0.1, 0.15) is 11.3 Å². The standard InChI is InChI=1S/C22H16N2O7/c1-30-22(29)15-5-2-6-17(18(15)25)23-19(26)12-7-8-14-16(10-12)21(28)24(20(14)27)11-13-4-3-9-31-13/h2-10,25H,11H2,1H3,(H,23,26). The Hall–Kier alpha value is -4.40. The number of carbonyl (C=O) groups is 4. The van der Waals surface area contributed by atoms with Gasteiger partial charge in [0.05, 0.1) is 36.7 Å². The van der Waals surface area contributed by atoms with Gasteiger partial charge in [-0.15, -0.1) is 0 Å². The van der Waals surface area contributed by atoms with Crippen LogP contribution in [-0.2, 0) is 11.3 Å². The van der Waals surface area contributed by atoms with Crippen LogP contribution in [0, 0.1) is 0 Å². The zero-order valence-corrected chi connectivity index (χ0v) is 16.2. The summed E-state index contributed by atoms with van der Waals surface area (Å²) in [5.41, 5.74) is 0.266. The van der Waals surface area contributed by atoms with Gasteiger partial charge < -0.3 is 19.6 Å². The number of aromatic hydroxyl groups is 1. The molecule has 31 heavy (non-hydrogen) atoms. The lowest BCUT2D eigenvalue weighted by molar-refractivity contribution is 0.0594. The van der Waals surface area contributed by atoms with Gasteiger partial charge in [0.2, 0.25) is 0 Å². The molecule has 3 amide bonds. The highest BCUT2D eigenvalue weighted by atomic mass is 16.5. The third-order valence-corrected chi connectivity index (χ3v) is 4.82. The van der Waals surface area contributed by atoms with Gasteiger partial charge in [-0.3, -0.25) is 19.3 Å². The van der Waals surface area contributed by atoms with Crippen molar-refractivity contribution in [3.05, 3.63) is 82.8 Å². The van der Waals surface area contributed by atoms with Crippen molar-refractivity contribution in [2.75, 3.05) is 12.4 Å². The first-order valence-corrected chi connectivity index (χ1v) is 9.15. The van der Waals surface area contributed by atoms with Crippen molar-refractivity contribution in [3.63, 3.8) is 0 Å². The predicted octanol–water partition coefficient (Wildman–Crippen LogP) is 2.82. The van der Waals surface area contributed by atoms with Gasteiger partial charge in [0.15, 0.2) is 5.75 Å². The lowest BCUT2D eigenvalue weighted by Crippen LogP contribution is -2.28. The van der Waals surface area contributed by atoms with Crippen LogP contribution in [0.15, 0.2) is 59.2 Å². The number of anilines is 1. The largest absolute Gasteiger partial charge is 0.505 e. The second-order valence-corrected chi connectivity index (χ2v) is 6.68. The highest BCUT2D eigenvalue weighted by molar-refractivity contribution is 6.22. The van der Waals surface area contributed by atoms with Crippen molar-refractivity contribution in [3.8, 4) is 5.75 Å². The molecule has 0 saturated carbocycles. The van der Waals surface area contributed by atoms with Gasteiger partial charge in [-0.2, -0.15) is 0 Å². The zero-order chi connectivity index (χ0) is 22.1. The van der Waals surface area contributed by atoms with E-state index in [9.17, 15) is 24.3 Å². The maximum Gasteiger partial charge on any atom is 0.341 e. The molecule has 0 radical (unpaired) electrons. The van der Waals surface area contributed by atoms with E-state index in [2.05, 4.69) is 10.1 Å². The Morgan fingerprint density at radius 3 is 2.55 bits per heavy atom. The van der Waals surface area contributed by atoms with Crippen LogP contribution in [0.3, 0.4) is 0 Å². The summed E-state index contributed by atoms with van der Waals surface area (Å²) in [6, 6.07) is 11.6. The fourth-order valence-electron chi connectivity index (χ4n) is 3.25. The van der Waals surface area contributed by atoms with E-state index in [0.717, 1.165) is 4.90 Å². The Balaban J connectivity index is 1.58. The molecule has 1 aliphatic heterocycles. The number of ether oxygens (including phenoxy) is 1. The molecule has 1 aromatic heterocycles. The number of amides is 3. The Morgan fingerprint density at radius 2 is 1.84 bits per heavy atom. The van der Waals surface area contributed by atoms with Crippen molar-refractivity contribution < 1.29 is 33.4 Å². The number of nitrogens with zero attached hydrogens (tertiary/aromatic N) is 1. The zero-order valence-electron chi connectivity index (χ0n) is 16.2. The van der Waals surface area contributed by atoms with Gasteiger partial charge in [0.25, 0.3) is 17.7 Å². The number of phenolic OH excluding ortho intramolecular Hbond substituents is 1. The smallest absolute Gasteiger partial charge is 0.341 e. The predicted molar refractivity (Wildman–Crippen MR) is 107 cm³/mol. The normalized spacial score (nSPS) is 12.6. The molecule has 1 aliphatic rings. The van der Waals surface area contributed by atoms with E-state index < -0.39 is 29.4 Å². The van der Waals surface area contributed by atoms with Gasteiger partial charge >= 0.3 is 5.97 Å². The van der Waals surface area contributed by atoms with E-state index >= 15 is 0 Å². The maximum absolute atomic E-state index is 12.7. The van der Waals surface area contributed by atoms with Gasteiger partial charge in [-0.25, -0.2) is 4.79 Å². The molecular formula is C22H16N2O7. The highest BCUT2D eigenvalue weighted by Gasteiger charge is 2.36. The third-order valence-electron chi connectivity index (χ3n) is 4.82. The molecule has 0 atom stereocenters. The number of hydrogen-bond acceptors (Lipinski definition) is 7. The molecule has 2 N–H and O–H groups in total. The topological polar surface area (TPSA) is 126 Å². The molecule has 0 spiro atoms. The number of methoxy groups -OCH3 is 1. The second-order valence-electron chi connectivity index (χ2n) is 6.68. The molecule has 3 aromatic rings. The molecule has 2 heterocycles. The van der Waals surface area contributed by atoms with Crippen molar-refractivity contribution in [1.82, 2.24) is 4.90 Å². The molecular weight excluding hydrogens is 404 g/mol. The Morgan fingerprint density at radius 1 is 1.06 bits per heavy atom. The first-order chi connectivity index (χ1) is 14.9. The minimum Gasteiger partial charge on any atom is -0.505 e. The van der Waals surface area contributed by atoms with Crippen LogP contribution in [0.5, 0.6) is 5.75 Å². The first-order valence-electron chi connectivity index (χ1n) is 9.15. The number of hydrogen-bond donors (Lipinski definition) is 2. The minimum absolute atomic E-state index is 0.00440. The molecule has 156 valence electrons. The van der Waals surface area contributed by atoms with Crippen molar-refractivity contribution in [1.29, 1.82) is 0 Å². The monoisotopic (exact) mass is 420 g/mol. The Kier molecular flexibility index (Phi) is 5.00. The van der Waals surface area contributed by atoms with Crippen LogP contribution in [0.1, 0.15) is 47.2 Å². The number of furan rings is 1. The summed E-state index contributed by atoms with van der Waals surface area (Å²) < 4.78 is 9.79. The third kappa shape index (κ3) is 3.52. The number of rotatable bonds is 5. The van der Waals surface area contributed by atoms with Crippen molar-refractivity contribution in [2.24, 2.45) is 0 Å². The fourth-order valence-corrected chi connectivity index (χ4v) is 3.25. The molecule has 0 bridgehead atoms. The van der Waals surface area contributed by atoms with Gasteiger partial charge in [0, 0.05) is 5.56 Å². The molecule has 0 aliphatic carbocycles. The SMILES string of the molecule is COC(=O)c1cccc(NC(=O)c2ccc3c(c2)C(=O)N(Cc2ccco2)C3=O)c1O. The van der Waals surface area contributed by atoms with Crippen LogP contribution in [-0.4, -0.2) is 40.8 Å². The van der Waals surface area contributed by atoms with Crippen LogP contribution >= 0.6 is 0 Å². The average Bonchev–Trinajstić information content (AvgIpc) is 3.37. The second kappa shape index (κ2) is 7.79. The summed E-state index contributed by atoms with van der Waals surface area (Å²) in [4.78, 5) is 50.7. The lowest BCUT2D eigenvalue weighted by atomic mass is 10.0. The molecule has 0 saturated heterocycles. The van der Waals surface area contributed by atoms with Crippen molar-refractivity contribution in [2.45, 2.75) is 6.54 Å². The molecule has 9 heteroatoms. The summed E-state index contributed by atoms with van der Waals surface area (Å²) >= 11 is 0. The maximum atomic E-state index is 12.7. The van der Waals surface area contributed by atoms with Crippen LogP contribution in [0.25, 0.3) is 0 Å². The lowest BCUT2D eigenvalue weighted by Gasteiger charge is -2.11. The number of benzene rings is 2. The van der Waals surface area contributed by atoms with Gasteiger partial charge in [-0.05, 0) is 42.5 Å². The van der Waals surface area contributed by atoms with E-state index in [0.29, 0.717) is 5.76 Å². The summed E-state index contributed by atoms with van der Waals surface area (Å²) in [5.74, 6) is -2.40. The minimum atomic E-state index is -0.758. The number of para-hydroxylation sites is 1. The highest BCUT2D eigenvalue weighted by Crippen LogP contribution is 2.30. The van der Waals surface area contributed by atoms with Gasteiger partial charge in [-0.1, -0.05) is 6.07 Å². The van der Waals surface area contributed by atoms with E-state index in [-0.39, 0.29) is 34.5 Å². The quantitative estimate of drug-likeness (QED) is 0.369. The molecule has 2 aromatic carbocycles. The average molecular weight is 420 g/mol. The number of nitrogens with one attached hydrogen (secondary N) is 1. The number of fused-ring (bicyclic) bond motifs is 1. The van der Waals surface area contributed by atoms with Crippen molar-refractivity contribution >= 4 is 29.4 Å². The summed E-state index contributed by atoms with van der Waals surface area (Å²) in [5, 5.41) is 12.7. The number of imide groups is 1. The first kappa shape index (κ1) is 19.9. The summed E-state index contributed by atoms with van der Waals surface area (Å²) in [6.45, 7) is -0.0188. The molecule has 4 rings (SSSR count). The molecule has 9 nitrogen and oxygen atoms in total. The van der Waals surface area contributed by atoms with Crippen LogP contribution < -0.4 is 5.32 Å². The Labute approximate surface area is 175 Å². The number of esters is 1. The number of carbonyl (C=O) groups excluding carboxylic acids is 4. The van der Waals surface area contributed by atoms with E-state index in [1.165, 1.54) is 49.8 Å². The summed E-state index contributed by atoms with van der Waals surface area (Å²) in [7, 11) is 1.17. The fraction of sp³-hybridized carbons (Fsp3) is 0.0909. The van der Waals surface area contributed by atoms with E-state index in [4.69, 9.17) is 4.42 Å². The summed E-state index contributed by atoms with van der Waals surface area (Å²) in [6.07, 6.45) is 1.44. The van der Waals surface area contributed by atoms with Crippen LogP contribution in [0.4, 0.5) is 5.69 Å². The van der Waals surface area contributed by atoms with E-state index in [1.54, 1.807) is 12.1 Å². The van der Waals surface area contributed by atoms with E-state index in [1.807, 2.05) is 0 Å². The molecule has 0 fully saturated rings. The Bertz CT molecular complexity index is 1210. The number of phenols is 1.